The molecule has 0 spiro atoms. The Morgan fingerprint density at radius 1 is 1.73 bits per heavy atom. The lowest BCUT2D eigenvalue weighted by atomic mass is 10.00. The lowest BCUT2D eigenvalue weighted by Gasteiger charge is -2.18. The normalized spacial score (nSPS) is 24.0. The van der Waals surface area contributed by atoms with Gasteiger partial charge in [0.1, 0.15) is 5.76 Å². The van der Waals surface area contributed by atoms with Crippen LogP contribution in [0.1, 0.15) is 20.3 Å². The largest absolute Gasteiger partial charge is 0.504 e. The molecule has 1 unspecified atom stereocenters. The van der Waals surface area contributed by atoms with Crippen molar-refractivity contribution in [3.05, 3.63) is 23.7 Å². The second kappa shape index (κ2) is 3.46. The molecule has 0 aromatic heterocycles. The summed E-state index contributed by atoms with van der Waals surface area (Å²) >= 11 is 0. The number of allylic oxidation sites excluding steroid dienone is 3. The highest BCUT2D eigenvalue weighted by Crippen LogP contribution is 2.24. The summed E-state index contributed by atoms with van der Waals surface area (Å²) in [5, 5.41) is 9.34. The Balaban J connectivity index is 2.74. The van der Waals surface area contributed by atoms with Gasteiger partial charge in [-0.2, -0.15) is 0 Å². The first-order valence-electron chi connectivity index (χ1n) is 3.98. The molecule has 2 heteroatoms. The molecular weight excluding hydrogens is 140 g/mol. The number of hydrogen-bond donors (Lipinski definition) is 1. The molecule has 0 fully saturated rings. The monoisotopic (exact) mass is 154 g/mol. The minimum atomic E-state index is 0.283. The first kappa shape index (κ1) is 8.18. The first-order valence-corrected chi connectivity index (χ1v) is 3.98. The van der Waals surface area contributed by atoms with E-state index in [1.165, 1.54) is 0 Å². The molecule has 0 aromatic rings. The van der Waals surface area contributed by atoms with Gasteiger partial charge in [0.15, 0.2) is 5.76 Å². The standard InChI is InChI=1S/C9H14O2/c1-3-11-9-7(2)5-4-6-8(9)10/h4,6-7,10H,3,5H2,1-2H3. The van der Waals surface area contributed by atoms with Crippen LogP contribution in [0.5, 0.6) is 0 Å². The van der Waals surface area contributed by atoms with Gasteiger partial charge < -0.3 is 9.84 Å². The third-order valence-electron chi connectivity index (χ3n) is 1.77. The van der Waals surface area contributed by atoms with Crippen molar-refractivity contribution in [3.63, 3.8) is 0 Å². The van der Waals surface area contributed by atoms with Crippen LogP contribution < -0.4 is 0 Å². The maximum absolute atomic E-state index is 9.34. The summed E-state index contributed by atoms with van der Waals surface area (Å²) in [5.74, 6) is 1.33. The molecule has 0 aliphatic heterocycles. The molecule has 1 aliphatic carbocycles. The van der Waals surface area contributed by atoms with Crippen LogP contribution in [0.3, 0.4) is 0 Å². The summed E-state index contributed by atoms with van der Waals surface area (Å²) in [6.45, 7) is 4.59. The lowest BCUT2D eigenvalue weighted by molar-refractivity contribution is 0.173. The van der Waals surface area contributed by atoms with Gasteiger partial charge in [-0.1, -0.05) is 13.0 Å². The van der Waals surface area contributed by atoms with E-state index in [1.54, 1.807) is 6.08 Å². The molecular formula is C9H14O2. The predicted octanol–water partition coefficient (Wildman–Crippen LogP) is 2.39. The Labute approximate surface area is 67.2 Å². The van der Waals surface area contributed by atoms with Gasteiger partial charge in [-0.05, 0) is 19.4 Å². The fourth-order valence-corrected chi connectivity index (χ4v) is 1.20. The molecule has 1 N–H and O–H groups in total. The summed E-state index contributed by atoms with van der Waals surface area (Å²) in [5.41, 5.74) is 0. The average molecular weight is 154 g/mol. The van der Waals surface area contributed by atoms with Crippen molar-refractivity contribution in [1.82, 2.24) is 0 Å². The molecule has 0 bridgehead atoms. The Morgan fingerprint density at radius 2 is 2.45 bits per heavy atom. The Morgan fingerprint density at radius 3 is 3.00 bits per heavy atom. The maximum atomic E-state index is 9.34. The molecule has 0 saturated heterocycles. The van der Waals surface area contributed by atoms with Crippen LogP contribution in [0.2, 0.25) is 0 Å². The quantitative estimate of drug-likeness (QED) is 0.661. The topological polar surface area (TPSA) is 29.5 Å². The summed E-state index contributed by atoms with van der Waals surface area (Å²) in [4.78, 5) is 0. The second-order valence-electron chi connectivity index (χ2n) is 2.72. The number of hydrogen-bond acceptors (Lipinski definition) is 2. The fourth-order valence-electron chi connectivity index (χ4n) is 1.20. The highest BCUT2D eigenvalue weighted by Gasteiger charge is 2.16. The minimum Gasteiger partial charge on any atom is -0.504 e. The van der Waals surface area contributed by atoms with Gasteiger partial charge in [0.2, 0.25) is 0 Å². The lowest BCUT2D eigenvalue weighted by Crippen LogP contribution is -2.08. The van der Waals surface area contributed by atoms with Crippen LogP contribution >= 0.6 is 0 Å². The Hall–Kier alpha value is -0.920. The van der Waals surface area contributed by atoms with E-state index in [1.807, 2.05) is 19.9 Å². The molecule has 62 valence electrons. The van der Waals surface area contributed by atoms with Crippen LogP contribution in [-0.4, -0.2) is 11.7 Å². The highest BCUT2D eigenvalue weighted by atomic mass is 16.5. The smallest absolute Gasteiger partial charge is 0.153 e. The van der Waals surface area contributed by atoms with Crippen molar-refractivity contribution < 1.29 is 9.84 Å². The van der Waals surface area contributed by atoms with Gasteiger partial charge >= 0.3 is 0 Å². The van der Waals surface area contributed by atoms with E-state index in [-0.39, 0.29) is 5.76 Å². The third-order valence-corrected chi connectivity index (χ3v) is 1.77. The van der Waals surface area contributed by atoms with Crippen molar-refractivity contribution in [3.8, 4) is 0 Å². The molecule has 0 radical (unpaired) electrons. The van der Waals surface area contributed by atoms with E-state index in [4.69, 9.17) is 4.74 Å². The maximum Gasteiger partial charge on any atom is 0.153 e. The summed E-state index contributed by atoms with van der Waals surface area (Å²) < 4.78 is 5.29. The van der Waals surface area contributed by atoms with Gasteiger partial charge in [0, 0.05) is 5.92 Å². The zero-order valence-electron chi connectivity index (χ0n) is 7.00. The average Bonchev–Trinajstić information content (AvgIpc) is 1.97. The van der Waals surface area contributed by atoms with Gasteiger partial charge in [0.25, 0.3) is 0 Å². The number of ether oxygens (including phenoxy) is 1. The SMILES string of the molecule is CCOC1=C(O)C=CCC1C. The summed E-state index contributed by atoms with van der Waals surface area (Å²) in [7, 11) is 0. The molecule has 0 heterocycles. The van der Waals surface area contributed by atoms with Crippen molar-refractivity contribution in [1.29, 1.82) is 0 Å². The van der Waals surface area contributed by atoms with Crippen LogP contribution in [0.15, 0.2) is 23.7 Å². The number of aliphatic hydroxyl groups is 1. The molecule has 0 aromatic carbocycles. The summed E-state index contributed by atoms with van der Waals surface area (Å²) in [6.07, 6.45) is 4.62. The van der Waals surface area contributed by atoms with Crippen LogP contribution in [0, 0.1) is 5.92 Å². The van der Waals surface area contributed by atoms with Crippen LogP contribution in [0.4, 0.5) is 0 Å². The van der Waals surface area contributed by atoms with Crippen molar-refractivity contribution in [2.24, 2.45) is 5.92 Å². The Kier molecular flexibility index (Phi) is 2.58. The highest BCUT2D eigenvalue weighted by molar-refractivity contribution is 5.21. The van der Waals surface area contributed by atoms with Crippen molar-refractivity contribution in [2.45, 2.75) is 20.3 Å². The van der Waals surface area contributed by atoms with Crippen LogP contribution in [0.25, 0.3) is 0 Å². The molecule has 2 nitrogen and oxygen atoms in total. The zero-order chi connectivity index (χ0) is 8.27. The van der Waals surface area contributed by atoms with Crippen LogP contribution in [-0.2, 0) is 4.74 Å². The Bertz CT molecular complexity index is 192. The van der Waals surface area contributed by atoms with E-state index in [9.17, 15) is 5.11 Å². The van der Waals surface area contributed by atoms with E-state index in [2.05, 4.69) is 0 Å². The van der Waals surface area contributed by atoms with Gasteiger partial charge in [-0.3, -0.25) is 0 Å². The van der Waals surface area contributed by atoms with Gasteiger partial charge in [-0.25, -0.2) is 0 Å². The summed E-state index contributed by atoms with van der Waals surface area (Å²) in [6, 6.07) is 0. The molecule has 0 amide bonds. The van der Waals surface area contributed by atoms with E-state index >= 15 is 0 Å². The molecule has 1 atom stereocenters. The van der Waals surface area contributed by atoms with Crippen molar-refractivity contribution >= 4 is 0 Å². The van der Waals surface area contributed by atoms with E-state index in [0.29, 0.717) is 12.5 Å². The van der Waals surface area contributed by atoms with Gasteiger partial charge in [0.05, 0.1) is 6.61 Å². The number of rotatable bonds is 2. The van der Waals surface area contributed by atoms with E-state index in [0.717, 1.165) is 12.2 Å². The molecule has 1 aliphatic rings. The molecule has 1 rings (SSSR count). The third kappa shape index (κ3) is 1.76. The molecule has 11 heavy (non-hydrogen) atoms. The first-order chi connectivity index (χ1) is 5.25. The fraction of sp³-hybridized carbons (Fsp3) is 0.556. The minimum absolute atomic E-state index is 0.283. The van der Waals surface area contributed by atoms with E-state index < -0.39 is 0 Å². The zero-order valence-corrected chi connectivity index (χ0v) is 7.00. The number of aliphatic hydroxyl groups excluding tert-OH is 1. The van der Waals surface area contributed by atoms with Gasteiger partial charge in [-0.15, -0.1) is 0 Å². The molecule has 0 saturated carbocycles. The van der Waals surface area contributed by atoms with Crippen molar-refractivity contribution in [2.75, 3.05) is 6.61 Å². The second-order valence-corrected chi connectivity index (χ2v) is 2.72. The predicted molar refractivity (Wildman–Crippen MR) is 44.2 cm³/mol.